The van der Waals surface area contributed by atoms with Crippen molar-refractivity contribution in [2.24, 2.45) is 4.99 Å². The molecule has 1 fully saturated rings. The lowest BCUT2D eigenvalue weighted by Crippen LogP contribution is -2.43. The van der Waals surface area contributed by atoms with E-state index < -0.39 is 17.1 Å². The zero-order valence-electron chi connectivity index (χ0n) is 21.5. The molecule has 4 rings (SSSR count). The molecule has 7 nitrogen and oxygen atoms in total. The van der Waals surface area contributed by atoms with Crippen molar-refractivity contribution in [2.45, 2.75) is 89.8 Å². The van der Waals surface area contributed by atoms with Crippen LogP contribution in [0.15, 0.2) is 53.5 Å². The van der Waals surface area contributed by atoms with Gasteiger partial charge in [0.05, 0.1) is 6.54 Å². The summed E-state index contributed by atoms with van der Waals surface area (Å²) in [5, 5.41) is 9.29. The fourth-order valence-electron chi connectivity index (χ4n) is 4.80. The van der Waals surface area contributed by atoms with Crippen molar-refractivity contribution in [3.8, 4) is 17.2 Å². The zero-order chi connectivity index (χ0) is 25.8. The Hall–Kier alpha value is -3.35. The summed E-state index contributed by atoms with van der Waals surface area (Å²) >= 11 is 0. The first-order valence-electron chi connectivity index (χ1n) is 12.9. The smallest absolute Gasteiger partial charge is 0.347 e. The molecule has 2 aliphatic rings. The third-order valence-corrected chi connectivity index (χ3v) is 6.93. The molecule has 0 bridgehead atoms. The lowest BCUT2D eigenvalue weighted by atomic mass is 9.82. The third-order valence-electron chi connectivity index (χ3n) is 6.93. The van der Waals surface area contributed by atoms with Crippen LogP contribution in [0.25, 0.3) is 0 Å². The Morgan fingerprint density at radius 1 is 1.06 bits per heavy atom. The van der Waals surface area contributed by atoms with Crippen LogP contribution in [0.3, 0.4) is 0 Å². The average molecular weight is 493 g/mol. The van der Waals surface area contributed by atoms with E-state index in [0.717, 1.165) is 56.3 Å². The van der Waals surface area contributed by atoms with E-state index in [-0.39, 0.29) is 5.91 Å². The Balaban J connectivity index is 1.43. The van der Waals surface area contributed by atoms with Crippen molar-refractivity contribution in [2.75, 3.05) is 0 Å². The molecule has 1 saturated carbocycles. The third kappa shape index (κ3) is 5.72. The van der Waals surface area contributed by atoms with E-state index in [2.05, 4.69) is 6.92 Å². The second-order valence-corrected chi connectivity index (χ2v) is 10.3. The Labute approximate surface area is 213 Å². The van der Waals surface area contributed by atoms with E-state index in [1.54, 1.807) is 24.3 Å². The first kappa shape index (κ1) is 25.7. The van der Waals surface area contributed by atoms with Crippen LogP contribution in [0.2, 0.25) is 0 Å². The molecule has 1 heterocycles. The molecule has 2 aromatic carbocycles. The highest BCUT2D eigenvalue weighted by atomic mass is 16.5. The van der Waals surface area contributed by atoms with Gasteiger partial charge >= 0.3 is 5.97 Å². The lowest BCUT2D eigenvalue weighted by Gasteiger charge is -2.29. The maximum Gasteiger partial charge on any atom is 0.347 e. The number of ether oxygens (including phenoxy) is 2. The van der Waals surface area contributed by atoms with Gasteiger partial charge in [0.15, 0.2) is 5.60 Å². The summed E-state index contributed by atoms with van der Waals surface area (Å²) in [6.07, 6.45) is 7.96. The molecular formula is C29H36N2O5. The van der Waals surface area contributed by atoms with Crippen molar-refractivity contribution >= 4 is 17.7 Å². The van der Waals surface area contributed by atoms with Crippen LogP contribution in [-0.2, 0) is 16.1 Å². The number of carboxylic acid groups (broad SMARTS) is 1. The first-order valence-corrected chi connectivity index (χ1v) is 12.9. The molecule has 192 valence electrons. The van der Waals surface area contributed by atoms with Gasteiger partial charge < -0.3 is 14.6 Å². The minimum atomic E-state index is -1.34. The summed E-state index contributed by atoms with van der Waals surface area (Å²) in [5.74, 6) is 1.66. The SMILES string of the molecule is CCCCC1=NC2(CCCCC2)C(=O)N1Cc1ccc(Oc2cccc(OC(C)(C)C(=O)O)c2)cc1. The summed E-state index contributed by atoms with van der Waals surface area (Å²) < 4.78 is 11.6. The monoisotopic (exact) mass is 492 g/mol. The minimum Gasteiger partial charge on any atom is -0.478 e. The van der Waals surface area contributed by atoms with Crippen LogP contribution in [-0.4, -0.2) is 38.9 Å². The normalized spacial score (nSPS) is 17.2. The lowest BCUT2D eigenvalue weighted by molar-refractivity contribution is -0.152. The summed E-state index contributed by atoms with van der Waals surface area (Å²) in [6.45, 7) is 5.67. The average Bonchev–Trinajstić information content (AvgIpc) is 3.09. The Morgan fingerprint density at radius 2 is 1.75 bits per heavy atom. The van der Waals surface area contributed by atoms with Gasteiger partial charge in [-0.2, -0.15) is 0 Å². The van der Waals surface area contributed by atoms with Gasteiger partial charge in [0.2, 0.25) is 0 Å². The maximum atomic E-state index is 13.5. The van der Waals surface area contributed by atoms with Gasteiger partial charge in [-0.1, -0.05) is 50.8 Å². The predicted octanol–water partition coefficient (Wildman–Crippen LogP) is 6.35. The number of rotatable bonds is 10. The summed E-state index contributed by atoms with van der Waals surface area (Å²) in [5.41, 5.74) is -0.858. The van der Waals surface area contributed by atoms with Crippen LogP contribution in [0, 0.1) is 0 Å². The number of hydrogen-bond acceptors (Lipinski definition) is 5. The Kier molecular flexibility index (Phi) is 7.67. The zero-order valence-corrected chi connectivity index (χ0v) is 21.5. The number of benzene rings is 2. The molecule has 0 unspecified atom stereocenters. The van der Waals surface area contributed by atoms with E-state index in [9.17, 15) is 14.7 Å². The predicted molar refractivity (Wildman–Crippen MR) is 139 cm³/mol. The molecule has 1 N–H and O–H groups in total. The fraction of sp³-hybridized carbons (Fsp3) is 0.483. The topological polar surface area (TPSA) is 88.4 Å². The van der Waals surface area contributed by atoms with E-state index in [4.69, 9.17) is 14.5 Å². The van der Waals surface area contributed by atoms with Crippen LogP contribution < -0.4 is 9.47 Å². The standard InChI is InChI=1S/C29H36N2O5/c1-4-5-12-25-30-29(17-7-6-8-18-29)26(32)31(25)20-21-13-15-22(16-14-21)35-23-10-9-11-24(19-23)36-28(2,3)27(33)34/h9-11,13-16,19H,4-8,12,17-18,20H2,1-3H3,(H,33,34). The molecule has 1 aliphatic carbocycles. The number of carbonyl (C=O) groups is 2. The van der Waals surface area contributed by atoms with Gasteiger partial charge in [0, 0.05) is 12.5 Å². The molecule has 2 aromatic rings. The Bertz CT molecular complexity index is 1120. The van der Waals surface area contributed by atoms with Gasteiger partial charge in [-0.05, 0) is 62.9 Å². The molecular weight excluding hydrogens is 456 g/mol. The molecule has 1 amide bonds. The van der Waals surface area contributed by atoms with Crippen LogP contribution in [0.5, 0.6) is 17.2 Å². The van der Waals surface area contributed by atoms with Gasteiger partial charge in [-0.25, -0.2) is 4.79 Å². The number of carboxylic acids is 1. The van der Waals surface area contributed by atoms with Crippen molar-refractivity contribution in [1.29, 1.82) is 0 Å². The number of aliphatic carboxylic acids is 1. The van der Waals surface area contributed by atoms with Crippen LogP contribution >= 0.6 is 0 Å². The van der Waals surface area contributed by atoms with Gasteiger partial charge in [-0.3, -0.25) is 14.7 Å². The van der Waals surface area contributed by atoms with Crippen molar-refractivity contribution in [3.05, 3.63) is 54.1 Å². The quantitative estimate of drug-likeness (QED) is 0.417. The molecule has 36 heavy (non-hydrogen) atoms. The highest BCUT2D eigenvalue weighted by Crippen LogP contribution is 2.39. The van der Waals surface area contributed by atoms with Gasteiger partial charge in [-0.15, -0.1) is 0 Å². The first-order chi connectivity index (χ1) is 17.2. The number of hydrogen-bond donors (Lipinski definition) is 1. The summed E-state index contributed by atoms with van der Waals surface area (Å²) in [6, 6.07) is 14.6. The summed E-state index contributed by atoms with van der Waals surface area (Å²) in [4.78, 5) is 31.7. The van der Waals surface area contributed by atoms with Crippen molar-refractivity contribution in [3.63, 3.8) is 0 Å². The van der Waals surface area contributed by atoms with Crippen LogP contribution in [0.1, 0.15) is 77.7 Å². The number of carbonyl (C=O) groups excluding carboxylic acids is 1. The molecule has 0 radical (unpaired) electrons. The van der Waals surface area contributed by atoms with Gasteiger partial charge in [0.1, 0.15) is 28.6 Å². The molecule has 1 aliphatic heterocycles. The van der Waals surface area contributed by atoms with E-state index in [0.29, 0.717) is 23.8 Å². The van der Waals surface area contributed by atoms with Crippen molar-refractivity contribution < 1.29 is 24.2 Å². The number of amides is 1. The molecule has 0 aromatic heterocycles. The highest BCUT2D eigenvalue weighted by molar-refractivity contribution is 6.08. The second kappa shape index (κ2) is 10.7. The second-order valence-electron chi connectivity index (χ2n) is 10.3. The number of unbranched alkanes of at least 4 members (excludes halogenated alkanes) is 1. The minimum absolute atomic E-state index is 0.162. The van der Waals surface area contributed by atoms with E-state index in [1.165, 1.54) is 20.3 Å². The Morgan fingerprint density at radius 3 is 2.42 bits per heavy atom. The molecule has 1 spiro atoms. The highest BCUT2D eigenvalue weighted by Gasteiger charge is 2.48. The molecule has 0 saturated heterocycles. The van der Waals surface area contributed by atoms with E-state index in [1.807, 2.05) is 29.2 Å². The summed E-state index contributed by atoms with van der Waals surface area (Å²) in [7, 11) is 0. The fourth-order valence-corrected chi connectivity index (χ4v) is 4.80. The number of aliphatic imine (C=N–C) groups is 1. The molecule has 0 atom stereocenters. The van der Waals surface area contributed by atoms with Gasteiger partial charge in [0.25, 0.3) is 5.91 Å². The van der Waals surface area contributed by atoms with Crippen LogP contribution in [0.4, 0.5) is 0 Å². The number of nitrogens with zero attached hydrogens (tertiary/aromatic N) is 2. The maximum absolute atomic E-state index is 13.5. The number of amidine groups is 1. The van der Waals surface area contributed by atoms with E-state index >= 15 is 0 Å². The van der Waals surface area contributed by atoms with Crippen molar-refractivity contribution in [1.82, 2.24) is 4.90 Å². The molecule has 7 heteroatoms. The largest absolute Gasteiger partial charge is 0.478 e.